The van der Waals surface area contributed by atoms with E-state index in [9.17, 15) is 0 Å². The molecule has 0 bridgehead atoms. The van der Waals surface area contributed by atoms with Crippen molar-refractivity contribution in [3.8, 4) is 0 Å². The van der Waals surface area contributed by atoms with Gasteiger partial charge in [-0.2, -0.15) is 5.10 Å². The van der Waals surface area contributed by atoms with Crippen LogP contribution >= 0.6 is 0 Å². The van der Waals surface area contributed by atoms with Gasteiger partial charge in [0, 0.05) is 56.6 Å². The highest BCUT2D eigenvalue weighted by Gasteiger charge is 2.22. The fourth-order valence-electron chi connectivity index (χ4n) is 3.05. The van der Waals surface area contributed by atoms with Crippen molar-refractivity contribution >= 4 is 0 Å². The Kier molecular flexibility index (Phi) is 4.62. The van der Waals surface area contributed by atoms with Gasteiger partial charge in [-0.15, -0.1) is 0 Å². The van der Waals surface area contributed by atoms with Crippen LogP contribution in [0.1, 0.15) is 29.8 Å². The van der Waals surface area contributed by atoms with E-state index in [1.807, 2.05) is 0 Å². The van der Waals surface area contributed by atoms with Gasteiger partial charge in [-0.1, -0.05) is 0 Å². The molecular weight excluding hydrogens is 262 g/mol. The molecule has 21 heavy (non-hydrogen) atoms. The van der Waals surface area contributed by atoms with Gasteiger partial charge in [0.1, 0.15) is 0 Å². The first kappa shape index (κ1) is 15.0. The van der Waals surface area contributed by atoms with Crippen molar-refractivity contribution in [1.29, 1.82) is 0 Å². The van der Waals surface area contributed by atoms with Crippen LogP contribution in [0.3, 0.4) is 0 Å². The minimum Gasteiger partial charge on any atom is -0.310 e. The van der Waals surface area contributed by atoms with E-state index < -0.39 is 0 Å². The van der Waals surface area contributed by atoms with E-state index in [2.05, 4.69) is 40.7 Å². The lowest BCUT2D eigenvalue weighted by molar-refractivity contribution is 0.148. The zero-order valence-electron chi connectivity index (χ0n) is 13.7. The van der Waals surface area contributed by atoms with Crippen LogP contribution in [0.2, 0.25) is 0 Å². The highest BCUT2D eigenvalue weighted by atomic mass is 15.3. The Morgan fingerprint density at radius 2 is 1.81 bits per heavy atom. The fourth-order valence-corrected chi connectivity index (χ4v) is 3.05. The molecule has 2 heterocycles. The number of rotatable bonds is 6. The van der Waals surface area contributed by atoms with Crippen molar-refractivity contribution in [2.75, 3.05) is 39.8 Å². The lowest BCUT2D eigenvalue weighted by atomic mass is 10.2. The van der Waals surface area contributed by atoms with Gasteiger partial charge in [-0.25, -0.2) is 0 Å². The summed E-state index contributed by atoms with van der Waals surface area (Å²) >= 11 is 0. The molecule has 0 spiro atoms. The predicted molar refractivity (Wildman–Crippen MR) is 85.5 cm³/mol. The topological polar surface area (TPSA) is 36.3 Å². The molecule has 1 saturated heterocycles. The molecule has 5 nitrogen and oxygen atoms in total. The molecule has 0 amide bonds. The van der Waals surface area contributed by atoms with Crippen LogP contribution in [0.15, 0.2) is 0 Å². The summed E-state index contributed by atoms with van der Waals surface area (Å²) in [5.41, 5.74) is 3.94. The second kappa shape index (κ2) is 6.46. The Morgan fingerprint density at radius 3 is 2.48 bits per heavy atom. The number of nitrogens with one attached hydrogen (secondary N) is 1. The van der Waals surface area contributed by atoms with Gasteiger partial charge in [0.05, 0.1) is 12.2 Å². The SMILES string of the molecule is Cc1nn(CCN2CCN(C)CC2)c(C)c1CNC1CC1. The third kappa shape index (κ3) is 3.84. The number of hydrogen-bond donors (Lipinski definition) is 1. The summed E-state index contributed by atoms with van der Waals surface area (Å²) in [7, 11) is 2.21. The molecular formula is C16H29N5. The maximum Gasteiger partial charge on any atom is 0.0641 e. The number of piperazine rings is 1. The number of likely N-dealkylation sites (N-methyl/N-ethyl adjacent to an activating group) is 1. The molecule has 3 rings (SSSR count). The molecule has 2 fully saturated rings. The van der Waals surface area contributed by atoms with Crippen molar-refractivity contribution in [1.82, 2.24) is 24.9 Å². The number of aromatic nitrogens is 2. The van der Waals surface area contributed by atoms with Crippen LogP contribution in [0.4, 0.5) is 0 Å². The Balaban J connectivity index is 1.53. The molecule has 5 heteroatoms. The molecule has 0 atom stereocenters. The van der Waals surface area contributed by atoms with E-state index >= 15 is 0 Å². The minimum atomic E-state index is 0.762. The quantitative estimate of drug-likeness (QED) is 0.848. The summed E-state index contributed by atoms with van der Waals surface area (Å²) in [6, 6.07) is 0.762. The highest BCUT2D eigenvalue weighted by molar-refractivity contribution is 5.24. The first-order valence-corrected chi connectivity index (χ1v) is 8.30. The average Bonchev–Trinajstić information content (AvgIpc) is 3.25. The second-order valence-corrected chi connectivity index (χ2v) is 6.67. The standard InChI is InChI=1S/C16H29N5/c1-13-16(12-17-15-4-5-15)14(2)21(18-13)11-10-20-8-6-19(3)7-9-20/h15,17H,4-12H2,1-3H3. The lowest BCUT2D eigenvalue weighted by Gasteiger charge is -2.32. The van der Waals surface area contributed by atoms with Crippen LogP contribution in [0.25, 0.3) is 0 Å². The molecule has 118 valence electrons. The Morgan fingerprint density at radius 1 is 1.10 bits per heavy atom. The van der Waals surface area contributed by atoms with E-state index in [0.29, 0.717) is 0 Å². The Labute approximate surface area is 128 Å². The predicted octanol–water partition coefficient (Wildman–Crippen LogP) is 0.999. The minimum absolute atomic E-state index is 0.762. The van der Waals surface area contributed by atoms with Crippen molar-refractivity contribution in [2.45, 2.75) is 45.8 Å². The van der Waals surface area contributed by atoms with Gasteiger partial charge in [0.15, 0.2) is 0 Å². The average molecular weight is 291 g/mol. The maximum atomic E-state index is 4.75. The van der Waals surface area contributed by atoms with Crippen LogP contribution in [0.5, 0.6) is 0 Å². The Hall–Kier alpha value is -0.910. The monoisotopic (exact) mass is 291 g/mol. The van der Waals surface area contributed by atoms with Crippen molar-refractivity contribution in [2.24, 2.45) is 0 Å². The van der Waals surface area contributed by atoms with Crippen LogP contribution in [0, 0.1) is 13.8 Å². The third-order valence-corrected chi connectivity index (χ3v) is 4.90. The van der Waals surface area contributed by atoms with E-state index in [1.54, 1.807) is 0 Å². The maximum absolute atomic E-state index is 4.75. The third-order valence-electron chi connectivity index (χ3n) is 4.90. The van der Waals surface area contributed by atoms with Crippen LogP contribution < -0.4 is 5.32 Å². The Bertz CT molecular complexity index is 469. The summed E-state index contributed by atoms with van der Waals surface area (Å²) in [6.45, 7) is 12.2. The first-order valence-electron chi connectivity index (χ1n) is 8.30. The number of nitrogens with zero attached hydrogens (tertiary/aromatic N) is 4. The van der Waals surface area contributed by atoms with E-state index in [-0.39, 0.29) is 0 Å². The number of aryl methyl sites for hydroxylation is 1. The molecule has 0 radical (unpaired) electrons. The van der Waals surface area contributed by atoms with Crippen molar-refractivity contribution in [3.05, 3.63) is 17.0 Å². The van der Waals surface area contributed by atoms with Crippen LogP contribution in [-0.4, -0.2) is 65.4 Å². The normalized spacial score (nSPS) is 21.1. The molecule has 1 saturated carbocycles. The van der Waals surface area contributed by atoms with E-state index in [4.69, 9.17) is 5.10 Å². The molecule has 0 aromatic carbocycles. The molecule has 1 aromatic rings. The second-order valence-electron chi connectivity index (χ2n) is 6.67. The molecule has 0 unspecified atom stereocenters. The van der Waals surface area contributed by atoms with Gasteiger partial charge in [0.2, 0.25) is 0 Å². The summed E-state index contributed by atoms with van der Waals surface area (Å²) in [5, 5.41) is 8.36. The van der Waals surface area contributed by atoms with E-state index in [1.165, 1.54) is 56.0 Å². The van der Waals surface area contributed by atoms with Gasteiger partial charge < -0.3 is 10.2 Å². The van der Waals surface area contributed by atoms with E-state index in [0.717, 1.165) is 25.7 Å². The molecule has 1 aromatic heterocycles. The van der Waals surface area contributed by atoms with Crippen molar-refractivity contribution < 1.29 is 0 Å². The summed E-state index contributed by atoms with van der Waals surface area (Å²) < 4.78 is 2.21. The zero-order chi connectivity index (χ0) is 14.8. The largest absolute Gasteiger partial charge is 0.310 e. The summed E-state index contributed by atoms with van der Waals surface area (Å²) in [6.07, 6.45) is 2.69. The fraction of sp³-hybridized carbons (Fsp3) is 0.812. The summed E-state index contributed by atoms with van der Waals surface area (Å²) in [5.74, 6) is 0. The van der Waals surface area contributed by atoms with Gasteiger partial charge >= 0.3 is 0 Å². The molecule has 1 N–H and O–H groups in total. The molecule has 1 aliphatic heterocycles. The van der Waals surface area contributed by atoms with Crippen LogP contribution in [-0.2, 0) is 13.1 Å². The molecule has 1 aliphatic carbocycles. The smallest absolute Gasteiger partial charge is 0.0641 e. The van der Waals surface area contributed by atoms with Gasteiger partial charge in [0.25, 0.3) is 0 Å². The molecule has 2 aliphatic rings. The van der Waals surface area contributed by atoms with Gasteiger partial charge in [-0.3, -0.25) is 9.58 Å². The number of hydrogen-bond acceptors (Lipinski definition) is 4. The summed E-state index contributed by atoms with van der Waals surface area (Å²) in [4.78, 5) is 4.96. The highest BCUT2D eigenvalue weighted by Crippen LogP contribution is 2.21. The first-order chi connectivity index (χ1) is 10.1. The lowest BCUT2D eigenvalue weighted by Crippen LogP contribution is -2.45. The van der Waals surface area contributed by atoms with Gasteiger partial charge in [-0.05, 0) is 33.7 Å². The zero-order valence-corrected chi connectivity index (χ0v) is 13.7. The van der Waals surface area contributed by atoms with Crippen molar-refractivity contribution in [3.63, 3.8) is 0 Å².